The molecule has 0 aliphatic heterocycles. The molecule has 2 rings (SSSR count). The van der Waals surface area contributed by atoms with E-state index in [0.29, 0.717) is 12.3 Å². The molecule has 110 valence electrons. The molecule has 0 aromatic heterocycles. The van der Waals surface area contributed by atoms with Gasteiger partial charge in [0.1, 0.15) is 12.4 Å². The third kappa shape index (κ3) is 4.50. The number of hydrogen-bond donors (Lipinski definition) is 1. The Morgan fingerprint density at radius 3 is 2.38 bits per heavy atom. The molecule has 5 nitrogen and oxygen atoms in total. The number of benzene rings is 2. The van der Waals surface area contributed by atoms with Crippen LogP contribution in [0.4, 0.5) is 10.5 Å². The van der Waals surface area contributed by atoms with E-state index in [1.807, 2.05) is 42.5 Å². The van der Waals surface area contributed by atoms with Crippen LogP contribution in [0.15, 0.2) is 54.6 Å². The highest BCUT2D eigenvalue weighted by molar-refractivity contribution is 5.88. The molecule has 1 N–H and O–H groups in total. The summed E-state index contributed by atoms with van der Waals surface area (Å²) >= 11 is 0. The zero-order chi connectivity index (χ0) is 15.1. The summed E-state index contributed by atoms with van der Waals surface area (Å²) in [6, 6.07) is 16.8. The lowest BCUT2D eigenvalue weighted by atomic mass is 10.2. The number of nitrogens with zero attached hydrogens (tertiary/aromatic N) is 1. The number of urea groups is 1. The van der Waals surface area contributed by atoms with Crippen molar-refractivity contribution in [1.82, 2.24) is 5.06 Å². The molecule has 0 aliphatic carbocycles. The Kier molecular flexibility index (Phi) is 5.17. The number of hydrogen-bond acceptors (Lipinski definition) is 3. The van der Waals surface area contributed by atoms with E-state index < -0.39 is 0 Å². The number of amides is 2. The normalized spacial score (nSPS) is 10.0. The van der Waals surface area contributed by atoms with Crippen molar-refractivity contribution in [2.24, 2.45) is 0 Å². The topological polar surface area (TPSA) is 50.8 Å². The zero-order valence-electron chi connectivity index (χ0n) is 12.1. The van der Waals surface area contributed by atoms with Gasteiger partial charge in [-0.15, -0.1) is 0 Å². The molecule has 21 heavy (non-hydrogen) atoms. The number of ether oxygens (including phenoxy) is 1. The zero-order valence-corrected chi connectivity index (χ0v) is 12.1. The number of hydroxylamine groups is 2. The number of carbonyl (C=O) groups is 1. The molecule has 5 heteroatoms. The van der Waals surface area contributed by atoms with Crippen molar-refractivity contribution in [2.75, 3.05) is 19.5 Å². The van der Waals surface area contributed by atoms with Crippen LogP contribution in [-0.2, 0) is 11.4 Å². The molecule has 2 aromatic carbocycles. The van der Waals surface area contributed by atoms with Gasteiger partial charge in [0.25, 0.3) is 0 Å². The third-order valence-electron chi connectivity index (χ3n) is 2.91. The highest BCUT2D eigenvalue weighted by atomic mass is 16.7. The van der Waals surface area contributed by atoms with Gasteiger partial charge in [-0.3, -0.25) is 4.84 Å². The second-order valence-corrected chi connectivity index (χ2v) is 4.41. The minimum absolute atomic E-state index is 0.338. The fourth-order valence-electron chi connectivity index (χ4n) is 1.66. The summed E-state index contributed by atoms with van der Waals surface area (Å²) in [4.78, 5) is 16.4. The predicted octanol–water partition coefficient (Wildman–Crippen LogP) is 3.29. The first-order chi connectivity index (χ1) is 10.2. The summed E-state index contributed by atoms with van der Waals surface area (Å²) in [5, 5.41) is 3.81. The predicted molar refractivity (Wildman–Crippen MR) is 81.0 cm³/mol. The van der Waals surface area contributed by atoms with E-state index >= 15 is 0 Å². The molecule has 0 unspecified atom stereocenters. The van der Waals surface area contributed by atoms with Crippen LogP contribution in [0.1, 0.15) is 5.56 Å². The van der Waals surface area contributed by atoms with Gasteiger partial charge < -0.3 is 10.1 Å². The molecule has 0 saturated carbocycles. The van der Waals surface area contributed by atoms with E-state index in [9.17, 15) is 4.79 Å². The quantitative estimate of drug-likeness (QED) is 0.858. The molecule has 0 atom stereocenters. The largest absolute Gasteiger partial charge is 0.489 e. The number of anilines is 1. The van der Waals surface area contributed by atoms with Gasteiger partial charge in [-0.2, -0.15) is 0 Å². The van der Waals surface area contributed by atoms with Gasteiger partial charge >= 0.3 is 6.03 Å². The lowest BCUT2D eigenvalue weighted by Crippen LogP contribution is -2.30. The first-order valence-corrected chi connectivity index (χ1v) is 6.54. The first kappa shape index (κ1) is 14.9. The van der Waals surface area contributed by atoms with Gasteiger partial charge in [0.2, 0.25) is 0 Å². The van der Waals surface area contributed by atoms with Crippen LogP contribution in [0.3, 0.4) is 0 Å². The van der Waals surface area contributed by atoms with Crippen LogP contribution in [0.2, 0.25) is 0 Å². The average Bonchev–Trinajstić information content (AvgIpc) is 2.54. The van der Waals surface area contributed by atoms with Crippen LogP contribution >= 0.6 is 0 Å². The van der Waals surface area contributed by atoms with Crippen LogP contribution in [0.25, 0.3) is 0 Å². The minimum atomic E-state index is -0.338. The summed E-state index contributed by atoms with van der Waals surface area (Å²) in [6.45, 7) is 0.513. The number of carbonyl (C=O) groups excluding carboxylic acids is 1. The SMILES string of the molecule is CON(C)C(=O)Nc1ccc(OCc2ccccc2)cc1. The smallest absolute Gasteiger partial charge is 0.345 e. The maximum atomic E-state index is 11.6. The molecular weight excluding hydrogens is 268 g/mol. The van der Waals surface area contributed by atoms with Crippen LogP contribution < -0.4 is 10.1 Å². The maximum absolute atomic E-state index is 11.6. The van der Waals surface area contributed by atoms with Gasteiger partial charge in [0.15, 0.2) is 0 Å². The molecule has 2 aromatic rings. The van der Waals surface area contributed by atoms with Crippen LogP contribution in [0, 0.1) is 0 Å². The van der Waals surface area contributed by atoms with Crippen molar-refractivity contribution in [3.63, 3.8) is 0 Å². The van der Waals surface area contributed by atoms with Gasteiger partial charge in [-0.05, 0) is 29.8 Å². The fraction of sp³-hybridized carbons (Fsp3) is 0.188. The summed E-state index contributed by atoms with van der Waals surface area (Å²) in [5.41, 5.74) is 1.78. The van der Waals surface area contributed by atoms with E-state index in [1.54, 1.807) is 12.1 Å². The molecule has 0 radical (unpaired) electrons. The molecular formula is C16H18N2O3. The van der Waals surface area contributed by atoms with E-state index in [1.165, 1.54) is 14.2 Å². The van der Waals surface area contributed by atoms with Gasteiger partial charge in [-0.25, -0.2) is 9.86 Å². The molecule has 0 heterocycles. The Labute approximate surface area is 124 Å². The second kappa shape index (κ2) is 7.31. The lowest BCUT2D eigenvalue weighted by Gasteiger charge is -2.14. The highest BCUT2D eigenvalue weighted by Crippen LogP contribution is 2.17. The van der Waals surface area contributed by atoms with E-state index in [4.69, 9.17) is 9.57 Å². The van der Waals surface area contributed by atoms with Gasteiger partial charge in [0.05, 0.1) is 7.11 Å². The van der Waals surface area contributed by atoms with Crippen molar-refractivity contribution in [3.05, 3.63) is 60.2 Å². The fourth-order valence-corrected chi connectivity index (χ4v) is 1.66. The maximum Gasteiger partial charge on any atom is 0.345 e. The molecule has 2 amide bonds. The Balaban J connectivity index is 1.88. The molecule has 0 fully saturated rings. The Hall–Kier alpha value is -2.53. The van der Waals surface area contributed by atoms with Gasteiger partial charge in [0, 0.05) is 12.7 Å². The average molecular weight is 286 g/mol. The van der Waals surface area contributed by atoms with E-state index in [2.05, 4.69) is 5.32 Å². The van der Waals surface area contributed by atoms with E-state index in [0.717, 1.165) is 16.4 Å². The summed E-state index contributed by atoms with van der Waals surface area (Å²) in [7, 11) is 2.97. The van der Waals surface area contributed by atoms with Crippen LogP contribution in [0.5, 0.6) is 5.75 Å². The summed E-state index contributed by atoms with van der Waals surface area (Å²) in [5.74, 6) is 0.747. The lowest BCUT2D eigenvalue weighted by molar-refractivity contribution is -0.0598. The Bertz CT molecular complexity index is 570. The van der Waals surface area contributed by atoms with Gasteiger partial charge in [-0.1, -0.05) is 30.3 Å². The molecule has 0 spiro atoms. The van der Waals surface area contributed by atoms with Crippen molar-refractivity contribution >= 4 is 11.7 Å². The standard InChI is InChI=1S/C16H18N2O3/c1-18(20-2)16(19)17-14-8-10-15(11-9-14)21-12-13-6-4-3-5-7-13/h3-11H,12H2,1-2H3,(H,17,19). The highest BCUT2D eigenvalue weighted by Gasteiger charge is 2.07. The van der Waals surface area contributed by atoms with Crippen molar-refractivity contribution in [3.8, 4) is 5.75 Å². The van der Waals surface area contributed by atoms with Crippen LogP contribution in [-0.4, -0.2) is 25.3 Å². The van der Waals surface area contributed by atoms with Crippen molar-refractivity contribution < 1.29 is 14.4 Å². The second-order valence-electron chi connectivity index (χ2n) is 4.41. The summed E-state index contributed by atoms with van der Waals surface area (Å²) in [6.07, 6.45) is 0. The van der Waals surface area contributed by atoms with Crippen molar-refractivity contribution in [2.45, 2.75) is 6.61 Å². The minimum Gasteiger partial charge on any atom is -0.489 e. The Morgan fingerprint density at radius 1 is 1.10 bits per heavy atom. The monoisotopic (exact) mass is 286 g/mol. The first-order valence-electron chi connectivity index (χ1n) is 6.54. The van der Waals surface area contributed by atoms with E-state index in [-0.39, 0.29) is 6.03 Å². The van der Waals surface area contributed by atoms with Crippen molar-refractivity contribution in [1.29, 1.82) is 0 Å². The molecule has 0 bridgehead atoms. The summed E-state index contributed by atoms with van der Waals surface area (Å²) < 4.78 is 5.67. The third-order valence-corrected chi connectivity index (χ3v) is 2.91. The number of rotatable bonds is 5. The Morgan fingerprint density at radius 2 is 1.76 bits per heavy atom. The molecule has 0 aliphatic rings. The number of nitrogens with one attached hydrogen (secondary N) is 1. The molecule has 0 saturated heterocycles.